The summed E-state index contributed by atoms with van der Waals surface area (Å²) in [6, 6.07) is 5.28. The molecule has 0 aliphatic carbocycles. The number of aliphatic hydroxyl groups is 2. The number of benzene rings is 1. The Hall–Kier alpha value is -3.18. The first-order valence-corrected chi connectivity index (χ1v) is 11.5. The highest BCUT2D eigenvalue weighted by atomic mass is 16.6. The Kier molecular flexibility index (Phi) is 9.61. The van der Waals surface area contributed by atoms with E-state index < -0.39 is 59.8 Å². The first kappa shape index (κ1) is 28.1. The lowest BCUT2D eigenvalue weighted by molar-refractivity contribution is -0.158. The number of hydrogen-bond donors (Lipinski definition) is 4. The molecule has 1 aliphatic heterocycles. The Labute approximate surface area is 204 Å². The van der Waals surface area contributed by atoms with Gasteiger partial charge in [-0.15, -0.1) is 0 Å². The molecule has 194 valence electrons. The van der Waals surface area contributed by atoms with Crippen LogP contribution in [-0.4, -0.2) is 81.5 Å². The fourth-order valence-electron chi connectivity index (χ4n) is 3.58. The molecule has 0 aromatic heterocycles. The van der Waals surface area contributed by atoms with Crippen molar-refractivity contribution >= 4 is 23.9 Å². The Balaban J connectivity index is 2.01. The van der Waals surface area contributed by atoms with Crippen LogP contribution in [0.2, 0.25) is 0 Å². The zero-order chi connectivity index (χ0) is 26.3. The van der Waals surface area contributed by atoms with E-state index in [1.165, 1.54) is 18.7 Å². The number of alkyl carbamates (subject to hydrolysis) is 1. The summed E-state index contributed by atoms with van der Waals surface area (Å²) in [5, 5.41) is 25.0. The normalized spacial score (nSPS) is 20.4. The molecule has 5 atom stereocenters. The first-order valence-electron chi connectivity index (χ1n) is 11.5. The molecule has 4 N–H and O–H groups in total. The second kappa shape index (κ2) is 12.0. The minimum absolute atomic E-state index is 0.0103. The smallest absolute Gasteiger partial charge is 0.408 e. The highest BCUT2D eigenvalue weighted by molar-refractivity contribution is 5.93. The van der Waals surface area contributed by atoms with Crippen LogP contribution in [0.4, 0.5) is 4.79 Å². The molecule has 3 amide bonds. The van der Waals surface area contributed by atoms with E-state index in [4.69, 9.17) is 9.47 Å². The van der Waals surface area contributed by atoms with Gasteiger partial charge in [-0.05, 0) is 46.6 Å². The Bertz CT molecular complexity index is 900. The molecule has 1 heterocycles. The topological polar surface area (TPSA) is 154 Å². The van der Waals surface area contributed by atoms with Crippen LogP contribution in [0, 0.1) is 0 Å². The number of esters is 1. The maximum Gasteiger partial charge on any atom is 0.408 e. The third-order valence-corrected chi connectivity index (χ3v) is 5.28. The molecule has 1 fully saturated rings. The fourth-order valence-corrected chi connectivity index (χ4v) is 3.58. The van der Waals surface area contributed by atoms with E-state index in [9.17, 15) is 29.4 Å². The zero-order valence-corrected chi connectivity index (χ0v) is 20.7. The van der Waals surface area contributed by atoms with Gasteiger partial charge in [0.05, 0.1) is 12.2 Å². The van der Waals surface area contributed by atoms with Crippen molar-refractivity contribution in [2.45, 2.75) is 83.6 Å². The molecule has 1 aliphatic rings. The molecule has 0 saturated carbocycles. The molecule has 1 saturated heterocycles. The summed E-state index contributed by atoms with van der Waals surface area (Å²) in [5.74, 6) is -2.17. The highest BCUT2D eigenvalue weighted by Crippen LogP contribution is 2.21. The molecular formula is C24H35N3O8. The van der Waals surface area contributed by atoms with Gasteiger partial charge in [0, 0.05) is 6.54 Å². The Morgan fingerprint density at radius 3 is 2.31 bits per heavy atom. The number of carbonyl (C=O) groups is 4. The van der Waals surface area contributed by atoms with E-state index in [0.29, 0.717) is 0 Å². The van der Waals surface area contributed by atoms with Crippen LogP contribution in [0.25, 0.3) is 0 Å². The summed E-state index contributed by atoms with van der Waals surface area (Å²) in [7, 11) is 0. The quantitative estimate of drug-likeness (QED) is 0.381. The van der Waals surface area contributed by atoms with Crippen LogP contribution in [0.15, 0.2) is 30.3 Å². The van der Waals surface area contributed by atoms with Crippen molar-refractivity contribution in [3.8, 4) is 0 Å². The molecule has 1 aromatic carbocycles. The predicted molar refractivity (Wildman–Crippen MR) is 125 cm³/mol. The molecule has 0 bridgehead atoms. The molecule has 0 unspecified atom stereocenters. The van der Waals surface area contributed by atoms with Crippen LogP contribution >= 0.6 is 0 Å². The lowest BCUT2D eigenvalue weighted by Crippen LogP contribution is -2.58. The number of rotatable bonds is 8. The molecule has 35 heavy (non-hydrogen) atoms. The van der Waals surface area contributed by atoms with E-state index in [0.717, 1.165) is 5.56 Å². The fraction of sp³-hybridized carbons (Fsp3) is 0.583. The van der Waals surface area contributed by atoms with Crippen LogP contribution in [0.1, 0.15) is 46.6 Å². The second-order valence-corrected chi connectivity index (χ2v) is 9.52. The molecule has 0 spiro atoms. The van der Waals surface area contributed by atoms with E-state index >= 15 is 0 Å². The SMILES string of the molecule is C[C@@H](NC(=O)[C@H](NC(=O)OC(C)(C)C)[C@@H](C)O)C(=O)N1CC[C@H](O)[C@H]1C(=O)OCc1ccccc1. The van der Waals surface area contributed by atoms with Crippen molar-refractivity contribution in [3.05, 3.63) is 35.9 Å². The number of nitrogens with one attached hydrogen (secondary N) is 2. The van der Waals surface area contributed by atoms with Crippen molar-refractivity contribution in [1.29, 1.82) is 0 Å². The Morgan fingerprint density at radius 1 is 1.11 bits per heavy atom. The van der Waals surface area contributed by atoms with Gasteiger partial charge in [0.2, 0.25) is 11.8 Å². The van der Waals surface area contributed by atoms with Gasteiger partial charge in [-0.25, -0.2) is 9.59 Å². The summed E-state index contributed by atoms with van der Waals surface area (Å²) < 4.78 is 10.4. The van der Waals surface area contributed by atoms with Crippen molar-refractivity contribution in [2.24, 2.45) is 0 Å². The summed E-state index contributed by atoms with van der Waals surface area (Å²) in [6.45, 7) is 7.75. The number of amides is 3. The van der Waals surface area contributed by atoms with E-state index in [-0.39, 0.29) is 19.6 Å². The number of likely N-dealkylation sites (tertiary alicyclic amines) is 1. The van der Waals surface area contributed by atoms with Crippen LogP contribution in [-0.2, 0) is 30.5 Å². The molecule has 1 aromatic rings. The average Bonchev–Trinajstić information content (AvgIpc) is 3.15. The van der Waals surface area contributed by atoms with Gasteiger partial charge < -0.3 is 35.2 Å². The Morgan fingerprint density at radius 2 is 1.74 bits per heavy atom. The lowest BCUT2D eigenvalue weighted by Gasteiger charge is -2.29. The first-order chi connectivity index (χ1) is 16.3. The van der Waals surface area contributed by atoms with Crippen LogP contribution < -0.4 is 10.6 Å². The number of aliphatic hydroxyl groups excluding tert-OH is 2. The van der Waals surface area contributed by atoms with E-state index in [1.54, 1.807) is 45.0 Å². The van der Waals surface area contributed by atoms with Gasteiger partial charge in [0.15, 0.2) is 6.04 Å². The van der Waals surface area contributed by atoms with Gasteiger partial charge in [0.25, 0.3) is 0 Å². The van der Waals surface area contributed by atoms with Gasteiger partial charge in [-0.2, -0.15) is 0 Å². The lowest BCUT2D eigenvalue weighted by atomic mass is 10.1. The van der Waals surface area contributed by atoms with Crippen molar-refractivity contribution in [2.75, 3.05) is 6.54 Å². The highest BCUT2D eigenvalue weighted by Gasteiger charge is 2.43. The van der Waals surface area contributed by atoms with Gasteiger partial charge in [-0.1, -0.05) is 30.3 Å². The standard InChI is InChI=1S/C24H35N3O8/c1-14(25-20(30)18(15(2)28)26-23(33)35-24(3,4)5)21(31)27-12-11-17(29)19(27)22(32)34-13-16-9-7-6-8-10-16/h6-10,14-15,17-19,28-29H,11-13H2,1-5H3,(H,25,30)(H,26,33)/t14-,15-,17+,18-,19+/m1/s1. The molecule has 2 rings (SSSR count). The number of nitrogens with zero attached hydrogens (tertiary/aromatic N) is 1. The largest absolute Gasteiger partial charge is 0.459 e. The maximum atomic E-state index is 13.0. The maximum absolute atomic E-state index is 13.0. The number of ether oxygens (including phenoxy) is 2. The minimum atomic E-state index is -1.38. The summed E-state index contributed by atoms with van der Waals surface area (Å²) in [4.78, 5) is 51.6. The third kappa shape index (κ3) is 8.22. The summed E-state index contributed by atoms with van der Waals surface area (Å²) >= 11 is 0. The molecule has 11 heteroatoms. The third-order valence-electron chi connectivity index (χ3n) is 5.28. The monoisotopic (exact) mass is 493 g/mol. The van der Waals surface area contributed by atoms with Gasteiger partial charge >= 0.3 is 12.1 Å². The van der Waals surface area contributed by atoms with Gasteiger partial charge in [0.1, 0.15) is 24.3 Å². The molecular weight excluding hydrogens is 458 g/mol. The van der Waals surface area contributed by atoms with Crippen LogP contribution in [0.5, 0.6) is 0 Å². The predicted octanol–water partition coefficient (Wildman–Crippen LogP) is 0.470. The molecule has 11 nitrogen and oxygen atoms in total. The average molecular weight is 494 g/mol. The second-order valence-electron chi connectivity index (χ2n) is 9.52. The summed E-state index contributed by atoms with van der Waals surface area (Å²) in [5.41, 5.74) is -0.0539. The van der Waals surface area contributed by atoms with E-state index in [2.05, 4.69) is 10.6 Å². The molecule has 0 radical (unpaired) electrons. The number of hydrogen-bond acceptors (Lipinski definition) is 8. The van der Waals surface area contributed by atoms with Crippen molar-refractivity contribution < 1.29 is 38.9 Å². The summed E-state index contributed by atoms with van der Waals surface area (Å²) in [6.07, 6.45) is -3.11. The van der Waals surface area contributed by atoms with Crippen molar-refractivity contribution in [3.63, 3.8) is 0 Å². The zero-order valence-electron chi connectivity index (χ0n) is 20.7. The van der Waals surface area contributed by atoms with Gasteiger partial charge in [-0.3, -0.25) is 9.59 Å². The number of carbonyl (C=O) groups excluding carboxylic acids is 4. The van der Waals surface area contributed by atoms with Crippen LogP contribution in [0.3, 0.4) is 0 Å². The van der Waals surface area contributed by atoms with Crippen molar-refractivity contribution in [1.82, 2.24) is 15.5 Å². The minimum Gasteiger partial charge on any atom is -0.459 e. The van der Waals surface area contributed by atoms with E-state index in [1.807, 2.05) is 6.07 Å².